The predicted molar refractivity (Wildman–Crippen MR) is 72.6 cm³/mol. The molecule has 1 atom stereocenters. The lowest BCUT2D eigenvalue weighted by Gasteiger charge is -2.21. The van der Waals surface area contributed by atoms with Gasteiger partial charge in [0.25, 0.3) is 0 Å². The normalized spacial score (nSPS) is 19.9. The van der Waals surface area contributed by atoms with Crippen molar-refractivity contribution in [1.29, 1.82) is 0 Å². The molecular weight excluding hydrogens is 280 g/mol. The Morgan fingerprint density at radius 1 is 1.35 bits per heavy atom. The highest BCUT2D eigenvalue weighted by atomic mass is 32.2. The van der Waals surface area contributed by atoms with Crippen LogP contribution in [0, 0.1) is 0 Å². The van der Waals surface area contributed by atoms with Gasteiger partial charge in [-0.25, -0.2) is 8.42 Å². The van der Waals surface area contributed by atoms with Gasteiger partial charge in [0.1, 0.15) is 6.04 Å². The van der Waals surface area contributed by atoms with E-state index < -0.39 is 22.0 Å². The Labute approximate surface area is 117 Å². The van der Waals surface area contributed by atoms with Crippen LogP contribution in [0.15, 0.2) is 29.2 Å². The molecule has 6 nitrogen and oxygen atoms in total. The van der Waals surface area contributed by atoms with Crippen molar-refractivity contribution in [2.24, 2.45) is 5.73 Å². The third kappa shape index (κ3) is 2.59. The fourth-order valence-corrected chi connectivity index (χ4v) is 4.03. The van der Waals surface area contributed by atoms with E-state index >= 15 is 0 Å². The molecule has 1 aliphatic heterocycles. The number of carbonyl (C=O) groups excluding carboxylic acids is 2. The molecule has 20 heavy (non-hydrogen) atoms. The molecule has 0 radical (unpaired) electrons. The molecule has 2 N–H and O–H groups in total. The maximum absolute atomic E-state index is 12.5. The summed E-state index contributed by atoms with van der Waals surface area (Å²) in [5, 5.41) is 0. The molecule has 0 bridgehead atoms. The number of nitrogens with two attached hydrogens (primary N) is 1. The Balaban J connectivity index is 2.42. The molecule has 1 saturated heterocycles. The molecule has 1 heterocycles. The minimum absolute atomic E-state index is 0.0124. The molecule has 1 amide bonds. The van der Waals surface area contributed by atoms with E-state index in [2.05, 4.69) is 0 Å². The zero-order chi connectivity index (χ0) is 14.9. The summed E-state index contributed by atoms with van der Waals surface area (Å²) in [6.07, 6.45) is 1.03. The van der Waals surface area contributed by atoms with Crippen LogP contribution in [0.25, 0.3) is 0 Å². The highest BCUT2D eigenvalue weighted by Crippen LogP contribution is 2.26. The summed E-state index contributed by atoms with van der Waals surface area (Å²) in [6, 6.07) is 5.00. The van der Waals surface area contributed by atoms with Crippen LogP contribution in [0.1, 0.15) is 30.1 Å². The van der Waals surface area contributed by atoms with E-state index in [4.69, 9.17) is 5.73 Å². The van der Waals surface area contributed by atoms with Gasteiger partial charge in [0.05, 0.1) is 4.90 Å². The van der Waals surface area contributed by atoms with Crippen molar-refractivity contribution in [3.8, 4) is 0 Å². The second-order valence-electron chi connectivity index (χ2n) is 4.76. The van der Waals surface area contributed by atoms with Crippen molar-refractivity contribution in [1.82, 2.24) is 4.31 Å². The predicted octanol–water partition coefficient (Wildman–Crippen LogP) is 0.528. The number of carbonyl (C=O) groups is 2. The van der Waals surface area contributed by atoms with Gasteiger partial charge < -0.3 is 5.73 Å². The zero-order valence-corrected chi connectivity index (χ0v) is 11.9. The number of hydrogen-bond acceptors (Lipinski definition) is 4. The minimum atomic E-state index is -3.81. The Morgan fingerprint density at radius 2 is 2.05 bits per heavy atom. The van der Waals surface area contributed by atoms with Gasteiger partial charge in [0.2, 0.25) is 15.9 Å². The molecule has 2 rings (SSSR count). The third-order valence-electron chi connectivity index (χ3n) is 3.38. The van der Waals surface area contributed by atoms with Crippen molar-refractivity contribution in [2.45, 2.75) is 30.7 Å². The fraction of sp³-hybridized carbons (Fsp3) is 0.385. The summed E-state index contributed by atoms with van der Waals surface area (Å²) in [5.74, 6) is -0.858. The van der Waals surface area contributed by atoms with Gasteiger partial charge in [-0.3, -0.25) is 9.59 Å². The Hall–Kier alpha value is -1.73. The van der Waals surface area contributed by atoms with E-state index in [1.54, 1.807) is 6.07 Å². The van der Waals surface area contributed by atoms with Crippen molar-refractivity contribution in [2.75, 3.05) is 6.54 Å². The lowest BCUT2D eigenvalue weighted by Crippen LogP contribution is -2.43. The van der Waals surface area contributed by atoms with Crippen LogP contribution in [0.2, 0.25) is 0 Å². The first-order valence-electron chi connectivity index (χ1n) is 6.26. The van der Waals surface area contributed by atoms with Crippen molar-refractivity contribution >= 4 is 21.7 Å². The summed E-state index contributed by atoms with van der Waals surface area (Å²) in [7, 11) is -3.81. The SMILES string of the molecule is CC(=O)c1cccc(S(=O)(=O)N2CCC[C@H]2C(N)=O)c1. The van der Waals surface area contributed by atoms with Crippen LogP contribution in [0.4, 0.5) is 0 Å². The van der Waals surface area contributed by atoms with Crippen molar-refractivity contribution in [3.05, 3.63) is 29.8 Å². The monoisotopic (exact) mass is 296 g/mol. The second kappa shape index (κ2) is 5.34. The van der Waals surface area contributed by atoms with Gasteiger partial charge >= 0.3 is 0 Å². The summed E-state index contributed by atoms with van der Waals surface area (Å²) in [6.45, 7) is 1.63. The first kappa shape index (κ1) is 14.7. The van der Waals surface area contributed by atoms with Gasteiger partial charge in [-0.1, -0.05) is 12.1 Å². The molecule has 0 aromatic heterocycles. The van der Waals surface area contributed by atoms with Crippen molar-refractivity contribution < 1.29 is 18.0 Å². The van der Waals surface area contributed by atoms with Crippen LogP contribution in [0.5, 0.6) is 0 Å². The van der Waals surface area contributed by atoms with Crippen LogP contribution < -0.4 is 5.73 Å². The molecule has 0 spiro atoms. The largest absolute Gasteiger partial charge is 0.368 e. The van der Waals surface area contributed by atoms with Crippen molar-refractivity contribution in [3.63, 3.8) is 0 Å². The standard InChI is InChI=1S/C13H16N2O4S/c1-9(16)10-4-2-5-11(8-10)20(18,19)15-7-3-6-12(15)13(14)17/h2,4-5,8,12H,3,6-7H2,1H3,(H2,14,17)/t12-/m0/s1. The first-order valence-corrected chi connectivity index (χ1v) is 7.70. The summed E-state index contributed by atoms with van der Waals surface area (Å²) in [4.78, 5) is 22.7. The van der Waals surface area contributed by atoms with E-state index in [0.717, 1.165) is 4.31 Å². The van der Waals surface area contributed by atoms with Crippen LogP contribution in [-0.2, 0) is 14.8 Å². The summed E-state index contributed by atoms with van der Waals surface area (Å²) in [5.41, 5.74) is 5.56. The van der Waals surface area contributed by atoms with Gasteiger partial charge in [-0.2, -0.15) is 4.31 Å². The smallest absolute Gasteiger partial charge is 0.243 e. The second-order valence-corrected chi connectivity index (χ2v) is 6.65. The van der Waals surface area contributed by atoms with E-state index in [1.165, 1.54) is 25.1 Å². The topological polar surface area (TPSA) is 97.5 Å². The zero-order valence-electron chi connectivity index (χ0n) is 11.1. The molecule has 108 valence electrons. The number of sulfonamides is 1. The van der Waals surface area contributed by atoms with Crippen LogP contribution in [-0.4, -0.2) is 37.0 Å². The number of Topliss-reactive ketones (excluding diaryl/α,β-unsaturated/α-hetero) is 1. The lowest BCUT2D eigenvalue weighted by atomic mass is 10.2. The fourth-order valence-electron chi connectivity index (χ4n) is 2.32. The quantitative estimate of drug-likeness (QED) is 0.819. The molecule has 1 aromatic rings. The van der Waals surface area contributed by atoms with Crippen LogP contribution in [0.3, 0.4) is 0 Å². The highest BCUT2D eigenvalue weighted by molar-refractivity contribution is 7.89. The third-order valence-corrected chi connectivity index (χ3v) is 5.28. The number of primary amides is 1. The maximum Gasteiger partial charge on any atom is 0.243 e. The van der Waals surface area contributed by atoms with E-state index in [0.29, 0.717) is 18.4 Å². The first-order chi connectivity index (χ1) is 9.34. The summed E-state index contributed by atoms with van der Waals surface area (Å²) < 4.78 is 26.2. The van der Waals surface area contributed by atoms with E-state index in [-0.39, 0.29) is 17.2 Å². The summed E-state index contributed by atoms with van der Waals surface area (Å²) >= 11 is 0. The number of benzene rings is 1. The number of ketones is 1. The lowest BCUT2D eigenvalue weighted by molar-refractivity contribution is -0.121. The molecule has 0 saturated carbocycles. The van der Waals surface area contributed by atoms with E-state index in [9.17, 15) is 18.0 Å². The average molecular weight is 296 g/mol. The van der Waals surface area contributed by atoms with Gasteiger partial charge in [0.15, 0.2) is 5.78 Å². The molecular formula is C13H16N2O4S. The number of amides is 1. The Bertz CT molecular complexity index is 654. The van der Waals surface area contributed by atoms with Gasteiger partial charge in [-0.15, -0.1) is 0 Å². The molecule has 7 heteroatoms. The number of nitrogens with zero attached hydrogens (tertiary/aromatic N) is 1. The molecule has 1 aliphatic rings. The van der Waals surface area contributed by atoms with Crippen LogP contribution >= 0.6 is 0 Å². The Kier molecular flexibility index (Phi) is 3.92. The molecule has 0 aliphatic carbocycles. The van der Waals surface area contributed by atoms with E-state index in [1.807, 2.05) is 0 Å². The minimum Gasteiger partial charge on any atom is -0.368 e. The average Bonchev–Trinajstić information content (AvgIpc) is 2.89. The molecule has 1 fully saturated rings. The molecule has 0 unspecified atom stereocenters. The Morgan fingerprint density at radius 3 is 2.65 bits per heavy atom. The number of hydrogen-bond donors (Lipinski definition) is 1. The molecule has 1 aromatic carbocycles. The maximum atomic E-state index is 12.5. The van der Waals surface area contributed by atoms with Gasteiger partial charge in [0, 0.05) is 12.1 Å². The number of rotatable bonds is 4. The van der Waals surface area contributed by atoms with Gasteiger partial charge in [-0.05, 0) is 31.9 Å². The highest BCUT2D eigenvalue weighted by Gasteiger charge is 2.38.